The van der Waals surface area contributed by atoms with Gasteiger partial charge >= 0.3 is 0 Å². The van der Waals surface area contributed by atoms with Gasteiger partial charge in [-0.1, -0.05) is 18.2 Å². The van der Waals surface area contributed by atoms with Gasteiger partial charge in [-0.15, -0.1) is 0 Å². The molecule has 2 N–H and O–H groups in total. The van der Waals surface area contributed by atoms with Crippen molar-refractivity contribution in [3.8, 4) is 23.3 Å². The number of rotatable bonds is 6. The highest BCUT2D eigenvalue weighted by Gasteiger charge is 2.38. The average Bonchev–Trinajstić information content (AvgIpc) is 2.82. The van der Waals surface area contributed by atoms with Crippen LogP contribution in [0.4, 0.5) is 0 Å². The number of allylic oxidation sites excluding steroid dienone is 3. The number of hydrogen-bond donors (Lipinski definition) is 1. The molecule has 0 spiro atoms. The molecule has 34 heavy (non-hydrogen) atoms. The van der Waals surface area contributed by atoms with Crippen LogP contribution in [-0.4, -0.2) is 20.0 Å². The van der Waals surface area contributed by atoms with Crippen molar-refractivity contribution in [2.24, 2.45) is 5.73 Å². The number of Topliss-reactive ketones (excluding diaryl/α,β-unsaturated/α-hetero) is 1. The summed E-state index contributed by atoms with van der Waals surface area (Å²) in [4.78, 5) is 12.9. The number of para-hydroxylation sites is 1. The molecular formula is C27H28N2O5. The molecule has 0 radical (unpaired) electrons. The largest absolute Gasteiger partial charge is 0.493 e. The number of nitriles is 1. The summed E-state index contributed by atoms with van der Waals surface area (Å²) in [6.07, 6.45) is 1.78. The Morgan fingerprint density at radius 1 is 1.12 bits per heavy atom. The Kier molecular flexibility index (Phi) is 6.51. The first-order chi connectivity index (χ1) is 16.4. The van der Waals surface area contributed by atoms with Crippen molar-refractivity contribution in [1.82, 2.24) is 0 Å². The van der Waals surface area contributed by atoms with Gasteiger partial charge in [0.1, 0.15) is 24.0 Å². The summed E-state index contributed by atoms with van der Waals surface area (Å²) in [5.41, 5.74) is 10.7. The summed E-state index contributed by atoms with van der Waals surface area (Å²) in [7, 11) is 3.16. The van der Waals surface area contributed by atoms with Crippen LogP contribution in [0.1, 0.15) is 47.4 Å². The number of ether oxygens (including phenoxy) is 4. The number of aryl methyl sites for hydroxylation is 2. The second kappa shape index (κ2) is 9.52. The van der Waals surface area contributed by atoms with Gasteiger partial charge in [-0.05, 0) is 54.7 Å². The lowest BCUT2D eigenvalue weighted by Gasteiger charge is -2.32. The number of ketones is 1. The molecule has 2 aliphatic rings. The van der Waals surface area contributed by atoms with Gasteiger partial charge in [0.05, 0.1) is 20.1 Å². The van der Waals surface area contributed by atoms with E-state index in [0.717, 1.165) is 22.3 Å². The van der Waals surface area contributed by atoms with Crippen molar-refractivity contribution in [1.29, 1.82) is 5.26 Å². The predicted molar refractivity (Wildman–Crippen MR) is 126 cm³/mol. The molecule has 7 nitrogen and oxygen atoms in total. The van der Waals surface area contributed by atoms with Crippen molar-refractivity contribution >= 4 is 5.78 Å². The second-order valence-electron chi connectivity index (χ2n) is 8.45. The maximum Gasteiger partial charge on any atom is 0.205 e. The third-order valence-electron chi connectivity index (χ3n) is 6.40. The summed E-state index contributed by atoms with van der Waals surface area (Å²) < 4.78 is 22.7. The zero-order valence-electron chi connectivity index (χ0n) is 19.9. The predicted octanol–water partition coefficient (Wildman–Crippen LogP) is 4.71. The lowest BCUT2D eigenvalue weighted by Crippen LogP contribution is -2.28. The molecule has 0 saturated carbocycles. The van der Waals surface area contributed by atoms with Crippen LogP contribution in [0.15, 0.2) is 53.1 Å². The van der Waals surface area contributed by atoms with Gasteiger partial charge in [-0.25, -0.2) is 0 Å². The minimum Gasteiger partial charge on any atom is -0.493 e. The van der Waals surface area contributed by atoms with E-state index in [0.29, 0.717) is 47.8 Å². The van der Waals surface area contributed by atoms with Gasteiger partial charge < -0.3 is 24.7 Å². The Bertz CT molecular complexity index is 1230. The number of carbonyl (C=O) groups excluding carboxylic acids is 1. The molecule has 1 atom stereocenters. The number of nitrogens with two attached hydrogens (primary N) is 1. The van der Waals surface area contributed by atoms with Crippen LogP contribution in [0.25, 0.3) is 0 Å². The van der Waals surface area contributed by atoms with Gasteiger partial charge in [-0.2, -0.15) is 5.26 Å². The summed E-state index contributed by atoms with van der Waals surface area (Å²) >= 11 is 0. The van der Waals surface area contributed by atoms with E-state index >= 15 is 0 Å². The third-order valence-corrected chi connectivity index (χ3v) is 6.40. The lowest BCUT2D eigenvalue weighted by molar-refractivity contribution is -0.116. The maximum absolute atomic E-state index is 12.9. The van der Waals surface area contributed by atoms with Gasteiger partial charge in [0.25, 0.3) is 0 Å². The van der Waals surface area contributed by atoms with E-state index in [1.807, 2.05) is 44.2 Å². The first-order valence-corrected chi connectivity index (χ1v) is 11.2. The number of methoxy groups -OCH3 is 2. The molecule has 176 valence electrons. The number of benzene rings is 2. The maximum atomic E-state index is 12.9. The highest BCUT2D eigenvalue weighted by atomic mass is 16.5. The smallest absolute Gasteiger partial charge is 0.205 e. The molecule has 2 aromatic carbocycles. The Labute approximate surface area is 199 Å². The lowest BCUT2D eigenvalue weighted by atomic mass is 9.75. The van der Waals surface area contributed by atoms with Crippen LogP contribution in [-0.2, 0) is 16.1 Å². The van der Waals surface area contributed by atoms with Crippen LogP contribution >= 0.6 is 0 Å². The molecule has 7 heteroatoms. The Morgan fingerprint density at radius 3 is 2.47 bits per heavy atom. The van der Waals surface area contributed by atoms with E-state index in [1.165, 1.54) is 0 Å². The summed E-state index contributed by atoms with van der Waals surface area (Å²) in [5, 5.41) is 9.90. The minimum absolute atomic E-state index is 0.00281. The van der Waals surface area contributed by atoms with Crippen LogP contribution < -0.4 is 19.9 Å². The Morgan fingerprint density at radius 2 is 1.82 bits per heavy atom. The highest BCUT2D eigenvalue weighted by Crippen LogP contribution is 2.45. The molecular weight excluding hydrogens is 432 g/mol. The monoisotopic (exact) mass is 460 g/mol. The fourth-order valence-electron chi connectivity index (χ4n) is 4.66. The number of hydrogen-bond acceptors (Lipinski definition) is 7. The topological polar surface area (TPSA) is 104 Å². The van der Waals surface area contributed by atoms with E-state index in [-0.39, 0.29) is 23.8 Å². The van der Waals surface area contributed by atoms with Crippen LogP contribution in [0.2, 0.25) is 0 Å². The molecule has 0 bridgehead atoms. The SMILES string of the molecule is COc1cccc(OC)c1OCc1cc(C2C(C#N)=C(N)OC3=C2C(=O)CCC3)c(C)cc1C. The van der Waals surface area contributed by atoms with Gasteiger partial charge in [-0.3, -0.25) is 4.79 Å². The summed E-state index contributed by atoms with van der Waals surface area (Å²) in [5.74, 6) is 1.74. The zero-order valence-corrected chi connectivity index (χ0v) is 19.9. The molecule has 0 aromatic heterocycles. The minimum atomic E-state index is -0.554. The normalized spacial score (nSPS) is 17.6. The fourth-order valence-corrected chi connectivity index (χ4v) is 4.66. The third kappa shape index (κ3) is 4.08. The van der Waals surface area contributed by atoms with E-state index in [9.17, 15) is 10.1 Å². The van der Waals surface area contributed by atoms with Crippen molar-refractivity contribution in [3.63, 3.8) is 0 Å². The first-order valence-electron chi connectivity index (χ1n) is 11.2. The Balaban J connectivity index is 1.77. The molecule has 0 amide bonds. The second-order valence-corrected chi connectivity index (χ2v) is 8.45. The standard InChI is InChI=1S/C27H28N2O5/c1-15-11-16(2)18(12-17(15)14-33-26-22(31-3)9-6-10-23(26)32-4)24-19(13-28)27(29)34-21-8-5-7-20(30)25(21)24/h6,9-12,24H,5,7-8,14,29H2,1-4H3. The van der Waals surface area contributed by atoms with Gasteiger partial charge in [0, 0.05) is 18.4 Å². The number of nitrogens with zero attached hydrogens (tertiary/aromatic N) is 1. The van der Waals surface area contributed by atoms with Crippen LogP contribution in [0, 0.1) is 25.2 Å². The van der Waals surface area contributed by atoms with E-state index < -0.39 is 5.92 Å². The van der Waals surface area contributed by atoms with E-state index in [4.69, 9.17) is 24.7 Å². The van der Waals surface area contributed by atoms with Crippen LogP contribution in [0.5, 0.6) is 17.2 Å². The molecule has 0 saturated heterocycles. The van der Waals surface area contributed by atoms with Gasteiger partial charge in [0.15, 0.2) is 17.3 Å². The quantitative estimate of drug-likeness (QED) is 0.665. The molecule has 1 unspecified atom stereocenters. The number of carbonyl (C=O) groups is 1. The molecule has 1 aliphatic heterocycles. The van der Waals surface area contributed by atoms with E-state index in [2.05, 4.69) is 6.07 Å². The molecule has 4 rings (SSSR count). The van der Waals surface area contributed by atoms with Crippen molar-refractivity contribution in [2.75, 3.05) is 14.2 Å². The fraction of sp³-hybridized carbons (Fsp3) is 0.333. The molecule has 1 heterocycles. The van der Waals surface area contributed by atoms with Crippen molar-refractivity contribution in [2.45, 2.75) is 45.6 Å². The first kappa shape index (κ1) is 23.2. The average molecular weight is 461 g/mol. The zero-order chi connectivity index (χ0) is 24.4. The highest BCUT2D eigenvalue weighted by molar-refractivity contribution is 5.99. The molecule has 2 aromatic rings. The summed E-state index contributed by atoms with van der Waals surface area (Å²) in [6, 6.07) is 11.7. The van der Waals surface area contributed by atoms with E-state index in [1.54, 1.807) is 14.2 Å². The van der Waals surface area contributed by atoms with Crippen molar-refractivity contribution < 1.29 is 23.7 Å². The molecule has 0 fully saturated rings. The molecule has 1 aliphatic carbocycles. The van der Waals surface area contributed by atoms with Crippen molar-refractivity contribution in [3.05, 3.63) is 75.4 Å². The van der Waals surface area contributed by atoms with Crippen LogP contribution in [0.3, 0.4) is 0 Å². The Hall–Kier alpha value is -3.92. The van der Waals surface area contributed by atoms with Gasteiger partial charge in [0.2, 0.25) is 11.6 Å². The summed E-state index contributed by atoms with van der Waals surface area (Å²) in [6.45, 7) is 4.23.